The van der Waals surface area contributed by atoms with Crippen molar-refractivity contribution in [3.05, 3.63) is 24.8 Å². The maximum atomic E-state index is 11.9. The SMILES string of the molecule is C=CCOC(=O)C(CCCCCCCCCCCCCCCCCC/C=C/CC)CC(=O)O. The van der Waals surface area contributed by atoms with Gasteiger partial charge in [-0.05, 0) is 25.7 Å². The highest BCUT2D eigenvalue weighted by atomic mass is 16.5. The molecule has 4 heteroatoms. The lowest BCUT2D eigenvalue weighted by Crippen LogP contribution is -2.21. The summed E-state index contributed by atoms with van der Waals surface area (Å²) in [6.07, 6.45) is 29.8. The molecular weight excluding hydrogens is 412 g/mol. The third-order valence-corrected chi connectivity index (χ3v) is 6.17. The molecule has 4 nitrogen and oxygen atoms in total. The van der Waals surface area contributed by atoms with Crippen molar-refractivity contribution in [2.24, 2.45) is 5.92 Å². The van der Waals surface area contributed by atoms with E-state index in [0.29, 0.717) is 6.42 Å². The molecule has 0 saturated carbocycles. The van der Waals surface area contributed by atoms with Crippen molar-refractivity contribution in [3.8, 4) is 0 Å². The van der Waals surface area contributed by atoms with Crippen LogP contribution in [-0.2, 0) is 14.3 Å². The van der Waals surface area contributed by atoms with Crippen molar-refractivity contribution >= 4 is 11.9 Å². The first kappa shape index (κ1) is 31.4. The number of carboxylic acid groups (broad SMARTS) is 1. The second-order valence-corrected chi connectivity index (χ2v) is 9.33. The van der Waals surface area contributed by atoms with Gasteiger partial charge in [0.25, 0.3) is 0 Å². The van der Waals surface area contributed by atoms with Crippen LogP contribution in [0.15, 0.2) is 24.8 Å². The summed E-state index contributed by atoms with van der Waals surface area (Å²) in [5.74, 6) is -1.88. The van der Waals surface area contributed by atoms with Gasteiger partial charge in [0, 0.05) is 0 Å². The van der Waals surface area contributed by atoms with E-state index in [1.54, 1.807) is 0 Å². The summed E-state index contributed by atoms with van der Waals surface area (Å²) in [4.78, 5) is 22.9. The molecule has 0 aliphatic carbocycles. The van der Waals surface area contributed by atoms with Gasteiger partial charge in [0.15, 0.2) is 0 Å². The minimum Gasteiger partial charge on any atom is -0.481 e. The number of ether oxygens (including phenoxy) is 1. The minimum atomic E-state index is -0.943. The molecule has 0 saturated heterocycles. The first-order valence-corrected chi connectivity index (χ1v) is 13.8. The highest BCUT2D eigenvalue weighted by Gasteiger charge is 2.22. The lowest BCUT2D eigenvalue weighted by molar-refractivity contribution is -0.152. The van der Waals surface area contributed by atoms with Gasteiger partial charge in [-0.2, -0.15) is 0 Å². The van der Waals surface area contributed by atoms with Gasteiger partial charge in [-0.25, -0.2) is 0 Å². The molecule has 0 fully saturated rings. The number of rotatable bonds is 25. The van der Waals surface area contributed by atoms with Gasteiger partial charge < -0.3 is 9.84 Å². The Balaban J connectivity index is 3.41. The molecule has 0 radical (unpaired) electrons. The van der Waals surface area contributed by atoms with Crippen LogP contribution in [0.4, 0.5) is 0 Å². The van der Waals surface area contributed by atoms with Gasteiger partial charge in [0.05, 0.1) is 12.3 Å². The summed E-state index contributed by atoms with van der Waals surface area (Å²) in [6, 6.07) is 0. The van der Waals surface area contributed by atoms with Gasteiger partial charge in [0.1, 0.15) is 6.61 Å². The van der Waals surface area contributed by atoms with E-state index in [9.17, 15) is 9.59 Å². The summed E-state index contributed by atoms with van der Waals surface area (Å²) >= 11 is 0. The fraction of sp³-hybridized carbons (Fsp3) is 0.793. The molecule has 0 aromatic carbocycles. The highest BCUT2D eigenvalue weighted by molar-refractivity contribution is 5.79. The molecule has 33 heavy (non-hydrogen) atoms. The number of carboxylic acids is 1. The van der Waals surface area contributed by atoms with E-state index in [1.165, 1.54) is 96.0 Å². The molecule has 0 spiro atoms. The van der Waals surface area contributed by atoms with E-state index in [0.717, 1.165) is 25.7 Å². The fourth-order valence-corrected chi connectivity index (χ4v) is 4.19. The van der Waals surface area contributed by atoms with E-state index >= 15 is 0 Å². The predicted molar refractivity (Wildman–Crippen MR) is 139 cm³/mol. The topological polar surface area (TPSA) is 63.6 Å². The lowest BCUT2D eigenvalue weighted by Gasteiger charge is -2.13. The molecule has 0 amide bonds. The van der Waals surface area contributed by atoms with Gasteiger partial charge in [-0.3, -0.25) is 9.59 Å². The normalized spacial score (nSPS) is 12.2. The second-order valence-electron chi connectivity index (χ2n) is 9.33. The molecule has 0 rings (SSSR count). The van der Waals surface area contributed by atoms with Crippen LogP contribution in [0, 0.1) is 5.92 Å². The van der Waals surface area contributed by atoms with Crippen LogP contribution >= 0.6 is 0 Å². The zero-order chi connectivity index (χ0) is 24.4. The summed E-state index contributed by atoms with van der Waals surface area (Å²) in [5, 5.41) is 8.99. The van der Waals surface area contributed by atoms with Crippen LogP contribution in [0.5, 0.6) is 0 Å². The first-order chi connectivity index (χ1) is 16.1. The van der Waals surface area contributed by atoms with Crippen LogP contribution < -0.4 is 0 Å². The van der Waals surface area contributed by atoms with Crippen molar-refractivity contribution < 1.29 is 19.4 Å². The zero-order valence-corrected chi connectivity index (χ0v) is 21.5. The van der Waals surface area contributed by atoms with E-state index in [2.05, 4.69) is 25.7 Å². The minimum absolute atomic E-state index is 0.145. The Bertz CT molecular complexity index is 498. The lowest BCUT2D eigenvalue weighted by atomic mass is 9.97. The van der Waals surface area contributed by atoms with Crippen molar-refractivity contribution in [3.63, 3.8) is 0 Å². The monoisotopic (exact) mass is 464 g/mol. The summed E-state index contributed by atoms with van der Waals surface area (Å²) in [5.41, 5.74) is 0. The number of unbranched alkanes of at least 4 members (excludes halogenated alkanes) is 16. The van der Waals surface area contributed by atoms with E-state index in [1.807, 2.05) is 0 Å². The standard InChI is InChI=1S/C29H52O4/c1-3-5-6-7-8-9-10-11-12-13-14-15-16-17-18-19-20-21-22-23-24-27(26-28(30)31)29(32)33-25-4-2/h4-6,27H,2-3,7-26H2,1H3,(H,30,31)/b6-5+. The molecule has 0 aromatic rings. The first-order valence-electron chi connectivity index (χ1n) is 13.8. The van der Waals surface area contributed by atoms with Crippen molar-refractivity contribution in [1.29, 1.82) is 0 Å². The largest absolute Gasteiger partial charge is 0.481 e. The molecular formula is C29H52O4. The zero-order valence-electron chi connectivity index (χ0n) is 21.5. The molecule has 1 N–H and O–H groups in total. The van der Waals surface area contributed by atoms with E-state index < -0.39 is 17.9 Å². The Morgan fingerprint density at radius 3 is 1.64 bits per heavy atom. The maximum absolute atomic E-state index is 11.9. The van der Waals surface area contributed by atoms with Crippen LogP contribution in [0.2, 0.25) is 0 Å². The fourth-order valence-electron chi connectivity index (χ4n) is 4.19. The van der Waals surface area contributed by atoms with E-state index in [4.69, 9.17) is 9.84 Å². The molecule has 0 aliphatic heterocycles. The smallest absolute Gasteiger partial charge is 0.309 e. The molecule has 1 unspecified atom stereocenters. The molecule has 1 atom stereocenters. The number of aliphatic carboxylic acids is 1. The van der Waals surface area contributed by atoms with Crippen molar-refractivity contribution in [1.82, 2.24) is 0 Å². The van der Waals surface area contributed by atoms with Crippen molar-refractivity contribution in [2.75, 3.05) is 6.61 Å². The molecule has 0 aliphatic rings. The van der Waals surface area contributed by atoms with Crippen LogP contribution in [-0.4, -0.2) is 23.7 Å². The van der Waals surface area contributed by atoms with Crippen LogP contribution in [0.25, 0.3) is 0 Å². The summed E-state index contributed by atoms with van der Waals surface area (Å²) in [6.45, 7) is 5.85. The third kappa shape index (κ3) is 23.4. The molecule has 0 bridgehead atoms. The van der Waals surface area contributed by atoms with Gasteiger partial charge in [-0.1, -0.05) is 128 Å². The average Bonchev–Trinajstić information content (AvgIpc) is 2.80. The Morgan fingerprint density at radius 2 is 1.21 bits per heavy atom. The van der Waals surface area contributed by atoms with Gasteiger partial charge >= 0.3 is 11.9 Å². The number of hydrogen-bond acceptors (Lipinski definition) is 3. The van der Waals surface area contributed by atoms with Crippen molar-refractivity contribution in [2.45, 2.75) is 135 Å². The summed E-state index contributed by atoms with van der Waals surface area (Å²) in [7, 11) is 0. The van der Waals surface area contributed by atoms with E-state index in [-0.39, 0.29) is 13.0 Å². The second kappa shape index (κ2) is 25.1. The Morgan fingerprint density at radius 1 is 0.758 bits per heavy atom. The summed E-state index contributed by atoms with van der Waals surface area (Å²) < 4.78 is 5.03. The van der Waals surface area contributed by atoms with Gasteiger partial charge in [0.2, 0.25) is 0 Å². The predicted octanol–water partition coefficient (Wildman–Crippen LogP) is 8.79. The number of hydrogen-bond donors (Lipinski definition) is 1. The number of carbonyl (C=O) groups excluding carboxylic acids is 1. The Hall–Kier alpha value is -1.58. The average molecular weight is 465 g/mol. The molecule has 0 aromatic heterocycles. The number of carbonyl (C=O) groups is 2. The van der Waals surface area contributed by atoms with Gasteiger partial charge in [-0.15, -0.1) is 0 Å². The third-order valence-electron chi connectivity index (χ3n) is 6.17. The van der Waals surface area contributed by atoms with Crippen LogP contribution in [0.3, 0.4) is 0 Å². The Kier molecular flexibility index (Phi) is 23.9. The highest BCUT2D eigenvalue weighted by Crippen LogP contribution is 2.18. The van der Waals surface area contributed by atoms with Crippen LogP contribution in [0.1, 0.15) is 135 Å². The quantitative estimate of drug-likeness (QED) is 0.0832. The molecule has 0 heterocycles. The number of esters is 1. The number of allylic oxidation sites excluding steroid dienone is 2. The molecule has 192 valence electrons. The maximum Gasteiger partial charge on any atom is 0.309 e. The Labute approximate surface area is 204 Å².